The van der Waals surface area contributed by atoms with Crippen molar-refractivity contribution in [2.24, 2.45) is 10.7 Å². The molecule has 3 aliphatic heterocycles. The number of carboxylic acids is 1. The minimum atomic E-state index is -0.864. The predicted octanol–water partition coefficient (Wildman–Crippen LogP) is 11.8. The molecule has 20 nitrogen and oxygen atoms in total. The summed E-state index contributed by atoms with van der Waals surface area (Å²) in [6.07, 6.45) is 9.49. The van der Waals surface area contributed by atoms with Crippen LogP contribution in [0.15, 0.2) is 142 Å². The number of carbonyl (C=O) groups excluding carboxylic acids is 2. The summed E-state index contributed by atoms with van der Waals surface area (Å²) in [5.41, 5.74) is 11.3. The molecule has 0 aliphatic carbocycles. The fraction of sp³-hybridized carbons (Fsp3) is 0.271. The fourth-order valence-electron chi connectivity index (χ4n) is 7.87. The highest BCUT2D eigenvalue weighted by Crippen LogP contribution is 2.29. The normalized spacial score (nSPS) is 15.1. The highest BCUT2D eigenvalue weighted by Gasteiger charge is 2.20. The smallest absolute Gasteiger partial charge is 0.435 e. The summed E-state index contributed by atoms with van der Waals surface area (Å²) < 4.78 is 14.5. The number of nitrogens with one attached hydrogen (secondary N) is 5. The van der Waals surface area contributed by atoms with Crippen molar-refractivity contribution in [2.75, 3.05) is 56.6 Å². The largest absolute Gasteiger partial charge is 0.477 e. The average Bonchev–Trinajstić information content (AvgIpc) is 4.55. The number of piperazine rings is 1. The van der Waals surface area contributed by atoms with Crippen molar-refractivity contribution in [3.63, 3.8) is 0 Å². The van der Waals surface area contributed by atoms with E-state index < -0.39 is 17.7 Å². The minimum absolute atomic E-state index is 0.0623. The van der Waals surface area contributed by atoms with Gasteiger partial charge in [0.05, 0.1) is 37.2 Å². The maximum atomic E-state index is 12.2. The van der Waals surface area contributed by atoms with E-state index in [1.54, 1.807) is 43.7 Å². The van der Waals surface area contributed by atoms with Crippen molar-refractivity contribution in [2.45, 2.75) is 58.7 Å². The van der Waals surface area contributed by atoms with Gasteiger partial charge in [-0.15, -0.1) is 11.3 Å². The first-order chi connectivity index (χ1) is 39.8. The van der Waals surface area contributed by atoms with Crippen LogP contribution in [0, 0.1) is 6.92 Å². The number of thiophene rings is 1. The monoisotopic (exact) mass is 1290 g/mol. The Kier molecular flexibility index (Phi) is 23.5. The van der Waals surface area contributed by atoms with Crippen LogP contribution in [0.5, 0.6) is 0 Å². The standard InChI is InChI=1S/C16H16ClN5O2.C15H14N4.C10H8BrNO.C9H5BrO2S.C5H12N2O.C4H9NO/c1-16(2,3)24-15(23)22-12-5-4-11(8-10(12)9-19-22)20-13-6-7-18-14(17)21-13;1-11-17-9-7-15(18-11)19-14-4-2-12(3-5-14)13-6-8-16-10-13;1-6(13)9-4-7-2-3-8(11)5-10(7)12-9;10-6-2-1-5-3-8(9(11)12)13-7(5)4-6;8-4-5-3-6-1-2-7-5;5-4-1-2-6-3-4/h4-9H,1-3H3,(H,18,20,21);2-7,9-10H,8H2,1H3,(H,17,18,19);2-5,12H,1H3;1-4H,(H,11,12);5-8H,1-4H2;4H,1-3,5H2/t;;;;5-;/m....1./s1. The van der Waals surface area contributed by atoms with Crippen molar-refractivity contribution in [3.8, 4) is 0 Å². The fourth-order valence-corrected chi connectivity index (χ4v) is 9.84. The maximum absolute atomic E-state index is 12.2. The number of anilines is 4. The number of halogens is 3. The molecule has 0 radical (unpaired) electrons. The molecule has 1 unspecified atom stereocenters. The minimum Gasteiger partial charge on any atom is -0.477 e. The number of carboxylic acid groups (broad SMARTS) is 1. The Morgan fingerprint density at radius 2 is 1.59 bits per heavy atom. The summed E-state index contributed by atoms with van der Waals surface area (Å²) in [6, 6.07) is 33.1. The molecule has 3 aliphatic rings. The van der Waals surface area contributed by atoms with E-state index in [1.165, 1.54) is 27.2 Å². The van der Waals surface area contributed by atoms with E-state index in [4.69, 9.17) is 37.0 Å². The number of nitrogens with two attached hydrogens (primary N) is 1. The summed E-state index contributed by atoms with van der Waals surface area (Å²) in [7, 11) is 0. The van der Waals surface area contributed by atoms with Crippen LogP contribution >= 0.6 is 54.8 Å². The topological polar surface area (TPSA) is 282 Å². The molecule has 24 heteroatoms. The third-order valence-electron chi connectivity index (χ3n) is 11.9. The van der Waals surface area contributed by atoms with Crippen molar-refractivity contribution in [3.05, 3.63) is 164 Å². The lowest BCUT2D eigenvalue weighted by atomic mass is 10.1. The molecule has 434 valence electrons. The Morgan fingerprint density at radius 1 is 0.880 bits per heavy atom. The number of aromatic carboxylic acids is 1. The number of aliphatic hydroxyl groups is 1. The number of allylic oxidation sites excluding steroid dienone is 1. The lowest BCUT2D eigenvalue weighted by Crippen LogP contribution is -2.49. The quantitative estimate of drug-likeness (QED) is 0.0518. The summed E-state index contributed by atoms with van der Waals surface area (Å²) in [6.45, 7) is 14.4. The van der Waals surface area contributed by atoms with E-state index in [0.717, 1.165) is 104 Å². The Morgan fingerprint density at radius 3 is 2.19 bits per heavy atom. The molecule has 0 spiro atoms. The Bertz CT molecular complexity index is 3600. The van der Waals surface area contributed by atoms with Gasteiger partial charge in [0, 0.05) is 105 Å². The number of benzene rings is 4. The maximum Gasteiger partial charge on any atom is 0.435 e. The summed E-state index contributed by atoms with van der Waals surface area (Å²) in [5.74, 6) is 1.34. The van der Waals surface area contributed by atoms with Crippen molar-refractivity contribution in [1.29, 1.82) is 0 Å². The zero-order valence-electron chi connectivity index (χ0n) is 46.2. The van der Waals surface area contributed by atoms with E-state index in [-0.39, 0.29) is 23.7 Å². The molecule has 9 aromatic rings. The van der Waals surface area contributed by atoms with Crippen molar-refractivity contribution < 1.29 is 34.1 Å². The van der Waals surface area contributed by atoms with E-state index >= 15 is 0 Å². The SMILES string of the molecule is CC(=O)c1cc2ccc(Br)cc2[nH]1.CC(C)(C)OC(=O)n1ncc2cc(Nc3ccnc(Cl)n3)ccc21.Cc1nccc(Nc2ccc(C3=CCN=C3)cc2)n1.NC1CCOC1.O=C(O)c1cc2ccc(Br)cc2s1.OC[C@H]1CNCCN1. The lowest BCUT2D eigenvalue weighted by Gasteiger charge is -2.21. The highest BCUT2D eigenvalue weighted by atomic mass is 79.9. The predicted molar refractivity (Wildman–Crippen MR) is 337 cm³/mol. The van der Waals surface area contributed by atoms with Crippen LogP contribution in [0.1, 0.15) is 65.7 Å². The number of fused-ring (bicyclic) bond motifs is 3. The first kappa shape index (κ1) is 63.3. The first-order valence-corrected chi connectivity index (χ1v) is 29.0. The molecule has 0 bridgehead atoms. The number of hydrogen-bond donors (Lipinski definition) is 8. The molecule has 5 aromatic heterocycles. The number of hydrogen-bond acceptors (Lipinski definition) is 18. The third kappa shape index (κ3) is 20.2. The third-order valence-corrected chi connectivity index (χ3v) is 14.2. The number of aromatic amines is 1. The van der Waals surface area contributed by atoms with Gasteiger partial charge in [0.2, 0.25) is 5.28 Å². The second-order valence-corrected chi connectivity index (χ2v) is 23.0. The van der Waals surface area contributed by atoms with Crippen LogP contribution in [-0.2, 0) is 9.47 Å². The zero-order valence-corrected chi connectivity index (χ0v) is 50.9. The Labute approximate surface area is 505 Å². The molecule has 4 aromatic carbocycles. The van der Waals surface area contributed by atoms with E-state index in [2.05, 4.69) is 106 Å². The van der Waals surface area contributed by atoms with E-state index in [0.29, 0.717) is 27.9 Å². The second-order valence-electron chi connectivity index (χ2n) is 19.7. The van der Waals surface area contributed by atoms with E-state index in [1.807, 2.05) is 107 Å². The molecule has 2 fully saturated rings. The van der Waals surface area contributed by atoms with Crippen LogP contribution in [0.4, 0.5) is 27.8 Å². The number of Topliss-reactive ketones (excluding diaryl/α,β-unsaturated/α-hetero) is 1. The summed E-state index contributed by atoms with van der Waals surface area (Å²) in [4.78, 5) is 57.8. The molecule has 83 heavy (non-hydrogen) atoms. The van der Waals surface area contributed by atoms with Crippen LogP contribution < -0.4 is 27.0 Å². The Balaban J connectivity index is 0.000000151. The van der Waals surface area contributed by atoms with Crippen LogP contribution in [0.25, 0.3) is 37.5 Å². The van der Waals surface area contributed by atoms with Gasteiger partial charge < -0.3 is 51.7 Å². The highest BCUT2D eigenvalue weighted by molar-refractivity contribution is 9.10. The van der Waals surface area contributed by atoms with Gasteiger partial charge in [0.25, 0.3) is 0 Å². The molecule has 12 rings (SSSR count). The van der Waals surface area contributed by atoms with Gasteiger partial charge in [0.1, 0.15) is 27.9 Å². The van der Waals surface area contributed by atoms with Gasteiger partial charge in [0.15, 0.2) is 5.78 Å². The number of nitrogens with zero attached hydrogens (tertiary/aromatic N) is 7. The van der Waals surface area contributed by atoms with Gasteiger partial charge >= 0.3 is 12.1 Å². The number of aliphatic hydroxyl groups excluding tert-OH is 1. The number of aryl methyl sites for hydroxylation is 1. The number of aliphatic imine (C=N–C) groups is 1. The Hall–Kier alpha value is -7.32. The first-order valence-electron chi connectivity index (χ1n) is 26.2. The molecule has 0 saturated carbocycles. The van der Waals surface area contributed by atoms with Gasteiger partial charge in [-0.3, -0.25) is 9.79 Å². The number of carbonyl (C=O) groups is 3. The molecule has 2 atom stereocenters. The van der Waals surface area contributed by atoms with Crippen molar-refractivity contribution in [1.82, 2.24) is 45.3 Å². The van der Waals surface area contributed by atoms with Crippen LogP contribution in [0.2, 0.25) is 5.28 Å². The summed E-state index contributed by atoms with van der Waals surface area (Å²) in [5, 5.41) is 37.2. The second kappa shape index (κ2) is 30.8. The number of ketones is 1. The number of ether oxygens (including phenoxy) is 2. The van der Waals surface area contributed by atoms with Crippen LogP contribution in [0.3, 0.4) is 0 Å². The summed E-state index contributed by atoms with van der Waals surface area (Å²) >= 11 is 13.8. The lowest BCUT2D eigenvalue weighted by molar-refractivity contribution is 0.0522. The molecular weight excluding hydrogens is 1230 g/mol. The molecular formula is C59H64Br2ClN13O7S. The zero-order chi connectivity index (χ0) is 59.5. The van der Waals surface area contributed by atoms with Gasteiger partial charge in [-0.05, 0) is 141 Å². The molecule has 2 saturated heterocycles. The van der Waals surface area contributed by atoms with E-state index in [9.17, 15) is 14.4 Å². The average molecular weight is 1290 g/mol. The van der Waals surface area contributed by atoms with Gasteiger partial charge in [-0.25, -0.2) is 29.5 Å². The number of aromatic nitrogens is 7. The van der Waals surface area contributed by atoms with Gasteiger partial charge in [-0.1, -0.05) is 62.2 Å². The number of H-pyrrole nitrogens is 1. The molecule has 8 heterocycles. The van der Waals surface area contributed by atoms with Crippen molar-refractivity contribution >= 4 is 139 Å². The van der Waals surface area contributed by atoms with Crippen LogP contribution in [-0.4, -0.2) is 133 Å². The molecule has 0 amide bonds. The number of rotatable bonds is 8. The molecule has 9 N–H and O–H groups in total. The van der Waals surface area contributed by atoms with Gasteiger partial charge in [-0.2, -0.15) is 9.78 Å².